The molecule has 0 radical (unpaired) electrons. The lowest BCUT2D eigenvalue weighted by Crippen LogP contribution is -2.16. The Bertz CT molecular complexity index is 2560. The molecule has 49 heavy (non-hydrogen) atoms. The second-order valence-electron chi connectivity index (χ2n) is 15.0. The molecule has 9 rings (SSSR count). The van der Waals surface area contributed by atoms with E-state index in [1.54, 1.807) is 0 Å². The van der Waals surface area contributed by atoms with Crippen molar-refractivity contribution in [2.45, 2.75) is 45.4 Å². The second-order valence-corrected chi connectivity index (χ2v) is 15.0. The predicted molar refractivity (Wildman–Crippen MR) is 208 cm³/mol. The molecule has 0 bridgehead atoms. The van der Waals surface area contributed by atoms with Crippen molar-refractivity contribution < 1.29 is 4.42 Å². The minimum Gasteiger partial charge on any atom is -0.455 e. The molecule has 0 saturated heterocycles. The van der Waals surface area contributed by atoms with E-state index in [1.165, 1.54) is 38.6 Å². The Labute approximate surface area is 288 Å². The van der Waals surface area contributed by atoms with Gasteiger partial charge in [0, 0.05) is 38.7 Å². The number of para-hydroxylation sites is 2. The Morgan fingerprint density at radius 2 is 1.18 bits per heavy atom. The molecule has 0 fully saturated rings. The molecular formula is C47H39NO. The number of furan rings is 1. The fourth-order valence-corrected chi connectivity index (χ4v) is 8.06. The summed E-state index contributed by atoms with van der Waals surface area (Å²) in [6.07, 6.45) is 0. The van der Waals surface area contributed by atoms with E-state index in [9.17, 15) is 0 Å². The summed E-state index contributed by atoms with van der Waals surface area (Å²) in [4.78, 5) is 2.45. The van der Waals surface area contributed by atoms with Gasteiger partial charge in [-0.3, -0.25) is 0 Å². The smallest absolute Gasteiger partial charge is 0.143 e. The lowest BCUT2D eigenvalue weighted by molar-refractivity contribution is 0.590. The van der Waals surface area contributed by atoms with Crippen LogP contribution in [-0.4, -0.2) is 0 Å². The first-order chi connectivity index (χ1) is 23.7. The van der Waals surface area contributed by atoms with Crippen LogP contribution in [0.5, 0.6) is 0 Å². The Hall–Kier alpha value is -5.60. The molecule has 0 spiro atoms. The van der Waals surface area contributed by atoms with Crippen LogP contribution in [0.15, 0.2) is 150 Å². The third-order valence-electron chi connectivity index (χ3n) is 10.6. The third-order valence-corrected chi connectivity index (χ3v) is 10.6. The number of nitrogens with zero attached hydrogens (tertiary/aromatic N) is 1. The summed E-state index contributed by atoms with van der Waals surface area (Å²) in [6.45, 7) is 11.5. The maximum absolute atomic E-state index is 6.69. The first kappa shape index (κ1) is 29.5. The van der Waals surface area contributed by atoms with Crippen LogP contribution in [0.4, 0.5) is 17.1 Å². The summed E-state index contributed by atoms with van der Waals surface area (Å²) in [5, 5.41) is 4.65. The average Bonchev–Trinajstić information content (AvgIpc) is 3.60. The average molecular weight is 634 g/mol. The predicted octanol–water partition coefficient (Wildman–Crippen LogP) is 13.5. The fourth-order valence-electron chi connectivity index (χ4n) is 8.06. The zero-order valence-electron chi connectivity index (χ0n) is 28.7. The van der Waals surface area contributed by atoms with Crippen LogP contribution < -0.4 is 4.90 Å². The van der Waals surface area contributed by atoms with Gasteiger partial charge < -0.3 is 9.32 Å². The molecule has 1 aliphatic rings. The van der Waals surface area contributed by atoms with Gasteiger partial charge in [0.05, 0.1) is 5.69 Å². The first-order valence-electron chi connectivity index (χ1n) is 17.3. The Kier molecular flexibility index (Phi) is 6.45. The molecule has 0 saturated carbocycles. The highest BCUT2D eigenvalue weighted by atomic mass is 16.3. The molecule has 0 atom stereocenters. The van der Waals surface area contributed by atoms with Crippen LogP contribution in [-0.2, 0) is 10.8 Å². The van der Waals surface area contributed by atoms with Crippen molar-refractivity contribution in [3.63, 3.8) is 0 Å². The molecule has 8 aromatic rings. The van der Waals surface area contributed by atoms with Crippen LogP contribution in [0.25, 0.3) is 55.0 Å². The largest absolute Gasteiger partial charge is 0.455 e. The minimum atomic E-state index is -0.0608. The van der Waals surface area contributed by atoms with Crippen molar-refractivity contribution in [3.05, 3.63) is 162 Å². The Balaban J connectivity index is 1.35. The summed E-state index contributed by atoms with van der Waals surface area (Å²) >= 11 is 0. The molecule has 0 unspecified atom stereocenters. The van der Waals surface area contributed by atoms with E-state index in [0.29, 0.717) is 0 Å². The van der Waals surface area contributed by atoms with E-state index in [2.05, 4.69) is 179 Å². The normalized spacial score (nSPS) is 13.6. The van der Waals surface area contributed by atoms with Gasteiger partial charge in [-0.15, -0.1) is 0 Å². The van der Waals surface area contributed by atoms with Gasteiger partial charge in [-0.05, 0) is 80.4 Å². The van der Waals surface area contributed by atoms with E-state index in [0.717, 1.165) is 50.1 Å². The maximum atomic E-state index is 6.69. The van der Waals surface area contributed by atoms with Gasteiger partial charge in [0.25, 0.3) is 0 Å². The van der Waals surface area contributed by atoms with E-state index in [4.69, 9.17) is 4.42 Å². The topological polar surface area (TPSA) is 16.4 Å². The SMILES string of the molecule is CC(C)(C)c1ccc(N(c2ccc3c(c2)-c2ccccc2C3(C)C)c2ccc3ccccc3c2-c2cccc3c2oc2ccccc23)cc1. The molecular weight excluding hydrogens is 595 g/mol. The van der Waals surface area contributed by atoms with Crippen LogP contribution in [0, 0.1) is 0 Å². The summed E-state index contributed by atoms with van der Waals surface area (Å²) in [5.41, 5.74) is 14.1. The van der Waals surface area contributed by atoms with Crippen LogP contribution >= 0.6 is 0 Å². The lowest BCUT2D eigenvalue weighted by atomic mass is 9.82. The molecule has 1 aromatic heterocycles. The molecule has 1 heterocycles. The van der Waals surface area contributed by atoms with Crippen LogP contribution in [0.2, 0.25) is 0 Å². The van der Waals surface area contributed by atoms with Crippen molar-refractivity contribution in [3.8, 4) is 22.3 Å². The highest BCUT2D eigenvalue weighted by Gasteiger charge is 2.36. The van der Waals surface area contributed by atoms with Crippen molar-refractivity contribution in [2.24, 2.45) is 0 Å². The Morgan fingerprint density at radius 3 is 2.00 bits per heavy atom. The molecule has 0 N–H and O–H groups in total. The number of rotatable bonds is 4. The summed E-state index contributed by atoms with van der Waals surface area (Å²) in [6, 6.07) is 53.3. The zero-order chi connectivity index (χ0) is 33.5. The third kappa shape index (κ3) is 4.54. The van der Waals surface area contributed by atoms with E-state index in [-0.39, 0.29) is 10.8 Å². The highest BCUT2D eigenvalue weighted by molar-refractivity contribution is 6.15. The van der Waals surface area contributed by atoms with Gasteiger partial charge in [0.1, 0.15) is 11.2 Å². The number of anilines is 3. The van der Waals surface area contributed by atoms with Crippen molar-refractivity contribution in [1.29, 1.82) is 0 Å². The number of fused-ring (bicyclic) bond motifs is 7. The lowest BCUT2D eigenvalue weighted by Gasteiger charge is -2.30. The highest BCUT2D eigenvalue weighted by Crippen LogP contribution is 2.52. The van der Waals surface area contributed by atoms with Crippen molar-refractivity contribution in [1.82, 2.24) is 0 Å². The van der Waals surface area contributed by atoms with Gasteiger partial charge in [0.2, 0.25) is 0 Å². The van der Waals surface area contributed by atoms with Crippen LogP contribution in [0.1, 0.15) is 51.3 Å². The van der Waals surface area contributed by atoms with Gasteiger partial charge >= 0.3 is 0 Å². The summed E-state index contributed by atoms with van der Waals surface area (Å²) in [5.74, 6) is 0. The van der Waals surface area contributed by atoms with Crippen molar-refractivity contribution in [2.75, 3.05) is 4.90 Å². The van der Waals surface area contributed by atoms with Gasteiger partial charge in [-0.1, -0.05) is 144 Å². The zero-order valence-corrected chi connectivity index (χ0v) is 28.7. The molecule has 1 aliphatic carbocycles. The summed E-state index contributed by atoms with van der Waals surface area (Å²) < 4.78 is 6.69. The molecule has 2 heteroatoms. The number of hydrogen-bond donors (Lipinski definition) is 0. The first-order valence-corrected chi connectivity index (χ1v) is 17.3. The fraction of sp³-hybridized carbons (Fsp3) is 0.149. The van der Waals surface area contributed by atoms with Gasteiger partial charge in [-0.2, -0.15) is 0 Å². The quantitative estimate of drug-likeness (QED) is 0.192. The molecule has 0 aliphatic heterocycles. The number of benzene rings is 7. The minimum absolute atomic E-state index is 0.0528. The molecule has 0 amide bonds. The van der Waals surface area contributed by atoms with E-state index in [1.807, 2.05) is 6.07 Å². The molecule has 7 aromatic carbocycles. The number of hydrogen-bond acceptors (Lipinski definition) is 2. The van der Waals surface area contributed by atoms with Gasteiger partial charge in [0.15, 0.2) is 0 Å². The summed E-state index contributed by atoms with van der Waals surface area (Å²) in [7, 11) is 0. The van der Waals surface area contributed by atoms with E-state index >= 15 is 0 Å². The molecule has 238 valence electrons. The molecule has 2 nitrogen and oxygen atoms in total. The van der Waals surface area contributed by atoms with Crippen LogP contribution in [0.3, 0.4) is 0 Å². The van der Waals surface area contributed by atoms with Gasteiger partial charge in [-0.25, -0.2) is 0 Å². The second kappa shape index (κ2) is 10.7. The monoisotopic (exact) mass is 633 g/mol. The van der Waals surface area contributed by atoms with Crippen molar-refractivity contribution >= 4 is 49.8 Å². The maximum Gasteiger partial charge on any atom is 0.143 e. The van der Waals surface area contributed by atoms with E-state index < -0.39 is 0 Å². The standard InChI is InChI=1S/C47H39NO/c1-46(2,3)31-22-24-32(25-23-31)48(33-26-27-41-39(29-33)35-15-8-10-19-40(35)47(41,4)5)42-28-21-30-13-6-7-14-34(30)44(42)38-18-12-17-37-36-16-9-11-20-43(36)49-45(37)38/h6-29H,1-5H3. The Morgan fingerprint density at radius 1 is 0.531 bits per heavy atom.